The average molecular weight is 237 g/mol. The minimum Gasteiger partial charge on any atom is -0.264 e. The molecule has 0 spiro atoms. The molecular formula is C8H11BrClN. The molecule has 0 aliphatic rings. The van der Waals surface area contributed by atoms with E-state index in [4.69, 9.17) is 0 Å². The van der Waals surface area contributed by atoms with Gasteiger partial charge >= 0.3 is 0 Å². The smallest absolute Gasteiger partial charge is 0.0299 e. The third kappa shape index (κ3) is 4.38. The fourth-order valence-corrected chi connectivity index (χ4v) is 1.10. The standard InChI is InChI=1S/C8H10BrN.ClH/c9-5-1-3-8-4-2-6-10-7-8;/h2,4,6-7H,1,3,5H2;1H. The molecule has 3 heteroatoms. The topological polar surface area (TPSA) is 12.9 Å². The lowest BCUT2D eigenvalue weighted by Crippen LogP contribution is -1.85. The number of pyridine rings is 1. The zero-order chi connectivity index (χ0) is 7.23. The van der Waals surface area contributed by atoms with Gasteiger partial charge in [0.05, 0.1) is 0 Å². The number of rotatable bonds is 3. The first kappa shape index (κ1) is 10.9. The molecule has 1 aromatic heterocycles. The molecule has 0 radical (unpaired) electrons. The molecule has 0 amide bonds. The fourth-order valence-electron chi connectivity index (χ4n) is 0.817. The molecule has 62 valence electrons. The van der Waals surface area contributed by atoms with Crippen LogP contribution in [-0.2, 0) is 6.42 Å². The van der Waals surface area contributed by atoms with Crippen LogP contribution in [-0.4, -0.2) is 10.3 Å². The van der Waals surface area contributed by atoms with Gasteiger partial charge in [-0.2, -0.15) is 0 Å². The van der Waals surface area contributed by atoms with Crippen molar-refractivity contribution >= 4 is 28.3 Å². The maximum atomic E-state index is 4.02. The number of alkyl halides is 1. The van der Waals surface area contributed by atoms with Crippen LogP contribution in [0.2, 0.25) is 0 Å². The number of nitrogens with zero attached hydrogens (tertiary/aromatic N) is 1. The molecule has 0 bridgehead atoms. The Morgan fingerprint density at radius 3 is 2.82 bits per heavy atom. The molecular weight excluding hydrogens is 225 g/mol. The van der Waals surface area contributed by atoms with Crippen LogP contribution in [0.1, 0.15) is 12.0 Å². The highest BCUT2D eigenvalue weighted by Crippen LogP contribution is 2.01. The van der Waals surface area contributed by atoms with Crippen LogP contribution in [0.15, 0.2) is 24.5 Å². The molecule has 0 atom stereocenters. The van der Waals surface area contributed by atoms with Crippen molar-refractivity contribution in [3.63, 3.8) is 0 Å². The molecule has 0 unspecified atom stereocenters. The summed E-state index contributed by atoms with van der Waals surface area (Å²) in [6.07, 6.45) is 6.03. The Hall–Kier alpha value is -0.0800. The van der Waals surface area contributed by atoms with Gasteiger partial charge in [0, 0.05) is 17.7 Å². The third-order valence-corrected chi connectivity index (χ3v) is 1.88. The van der Waals surface area contributed by atoms with Crippen molar-refractivity contribution in [1.29, 1.82) is 0 Å². The van der Waals surface area contributed by atoms with E-state index in [-0.39, 0.29) is 12.4 Å². The van der Waals surface area contributed by atoms with E-state index in [1.165, 1.54) is 12.0 Å². The summed E-state index contributed by atoms with van der Waals surface area (Å²) in [7, 11) is 0. The van der Waals surface area contributed by atoms with E-state index in [0.29, 0.717) is 0 Å². The van der Waals surface area contributed by atoms with Crippen LogP contribution < -0.4 is 0 Å². The lowest BCUT2D eigenvalue weighted by molar-refractivity contribution is 0.930. The van der Waals surface area contributed by atoms with E-state index in [2.05, 4.69) is 27.0 Å². The highest BCUT2D eigenvalue weighted by molar-refractivity contribution is 9.09. The molecule has 1 nitrogen and oxygen atoms in total. The van der Waals surface area contributed by atoms with Crippen molar-refractivity contribution in [2.45, 2.75) is 12.8 Å². The molecule has 0 aliphatic heterocycles. The zero-order valence-corrected chi connectivity index (χ0v) is 8.57. The molecule has 11 heavy (non-hydrogen) atoms. The van der Waals surface area contributed by atoms with Crippen LogP contribution in [0.25, 0.3) is 0 Å². The van der Waals surface area contributed by atoms with Gasteiger partial charge in [0.15, 0.2) is 0 Å². The van der Waals surface area contributed by atoms with Gasteiger partial charge in [-0.1, -0.05) is 22.0 Å². The van der Waals surface area contributed by atoms with Gasteiger partial charge in [0.1, 0.15) is 0 Å². The quantitative estimate of drug-likeness (QED) is 0.736. The second-order valence-corrected chi connectivity index (χ2v) is 2.95. The summed E-state index contributed by atoms with van der Waals surface area (Å²) in [5.74, 6) is 0. The van der Waals surface area contributed by atoms with Gasteiger partial charge in [-0.15, -0.1) is 12.4 Å². The Bertz CT molecular complexity index is 179. The molecule has 0 N–H and O–H groups in total. The summed E-state index contributed by atoms with van der Waals surface area (Å²) in [5, 5.41) is 1.07. The summed E-state index contributed by atoms with van der Waals surface area (Å²) < 4.78 is 0. The number of aromatic nitrogens is 1. The van der Waals surface area contributed by atoms with Crippen LogP contribution in [0.3, 0.4) is 0 Å². The highest BCUT2D eigenvalue weighted by atomic mass is 79.9. The predicted octanol–water partition coefficient (Wildman–Crippen LogP) is 2.83. The molecule has 0 saturated carbocycles. The minimum atomic E-state index is 0. The normalized spacial score (nSPS) is 8.82. The summed E-state index contributed by atoms with van der Waals surface area (Å²) in [6.45, 7) is 0. The van der Waals surface area contributed by atoms with Crippen molar-refractivity contribution in [2.24, 2.45) is 0 Å². The first-order chi connectivity index (χ1) is 4.93. The number of hydrogen-bond acceptors (Lipinski definition) is 1. The highest BCUT2D eigenvalue weighted by Gasteiger charge is 1.88. The lowest BCUT2D eigenvalue weighted by Gasteiger charge is -1.95. The van der Waals surface area contributed by atoms with Gasteiger partial charge in [-0.3, -0.25) is 4.98 Å². The van der Waals surface area contributed by atoms with Crippen molar-refractivity contribution in [3.05, 3.63) is 30.1 Å². The Morgan fingerprint density at radius 2 is 2.27 bits per heavy atom. The summed E-state index contributed by atoms with van der Waals surface area (Å²) in [6, 6.07) is 4.08. The summed E-state index contributed by atoms with van der Waals surface area (Å²) >= 11 is 3.39. The second kappa shape index (κ2) is 6.62. The Labute approximate surface area is 81.8 Å². The van der Waals surface area contributed by atoms with Gasteiger partial charge in [-0.25, -0.2) is 0 Å². The molecule has 1 rings (SSSR count). The van der Waals surface area contributed by atoms with Crippen LogP contribution in [0.5, 0.6) is 0 Å². The van der Waals surface area contributed by atoms with Gasteiger partial charge in [0.25, 0.3) is 0 Å². The zero-order valence-electron chi connectivity index (χ0n) is 6.16. The maximum Gasteiger partial charge on any atom is 0.0299 e. The maximum absolute atomic E-state index is 4.02. The number of hydrogen-bond donors (Lipinski definition) is 0. The second-order valence-electron chi connectivity index (χ2n) is 2.15. The molecule has 0 fully saturated rings. The van der Waals surface area contributed by atoms with E-state index >= 15 is 0 Å². The van der Waals surface area contributed by atoms with Gasteiger partial charge in [0.2, 0.25) is 0 Å². The summed E-state index contributed by atoms with van der Waals surface area (Å²) in [5.41, 5.74) is 1.32. The van der Waals surface area contributed by atoms with Gasteiger partial charge < -0.3 is 0 Å². The van der Waals surface area contributed by atoms with Crippen molar-refractivity contribution in [2.75, 3.05) is 5.33 Å². The first-order valence-corrected chi connectivity index (χ1v) is 4.50. The fraction of sp³-hybridized carbons (Fsp3) is 0.375. The summed E-state index contributed by atoms with van der Waals surface area (Å²) in [4.78, 5) is 4.02. The van der Waals surface area contributed by atoms with E-state index < -0.39 is 0 Å². The largest absolute Gasteiger partial charge is 0.264 e. The predicted molar refractivity (Wildman–Crippen MR) is 53.6 cm³/mol. The Morgan fingerprint density at radius 1 is 1.45 bits per heavy atom. The molecule has 0 aliphatic carbocycles. The van der Waals surface area contributed by atoms with E-state index in [1.54, 1.807) is 6.20 Å². The van der Waals surface area contributed by atoms with Crippen LogP contribution in [0, 0.1) is 0 Å². The van der Waals surface area contributed by atoms with Crippen molar-refractivity contribution < 1.29 is 0 Å². The molecule has 1 heterocycles. The third-order valence-electron chi connectivity index (χ3n) is 1.32. The van der Waals surface area contributed by atoms with Crippen molar-refractivity contribution in [3.8, 4) is 0 Å². The molecule has 1 aromatic rings. The first-order valence-electron chi connectivity index (χ1n) is 3.38. The van der Waals surface area contributed by atoms with Crippen LogP contribution in [0.4, 0.5) is 0 Å². The lowest BCUT2D eigenvalue weighted by atomic mass is 10.2. The minimum absolute atomic E-state index is 0. The van der Waals surface area contributed by atoms with Crippen molar-refractivity contribution in [1.82, 2.24) is 4.98 Å². The Kier molecular flexibility index (Phi) is 6.57. The van der Waals surface area contributed by atoms with E-state index in [1.807, 2.05) is 12.3 Å². The SMILES string of the molecule is BrCCCc1cccnc1.Cl. The average Bonchev–Trinajstić information content (AvgIpc) is 2.03. The van der Waals surface area contributed by atoms with Gasteiger partial charge in [-0.05, 0) is 24.5 Å². The number of aryl methyl sites for hydroxylation is 1. The Balaban J connectivity index is 0.000001000. The van der Waals surface area contributed by atoms with Crippen LogP contribution >= 0.6 is 28.3 Å². The monoisotopic (exact) mass is 235 g/mol. The van der Waals surface area contributed by atoms with E-state index in [0.717, 1.165) is 11.8 Å². The number of halogens is 2. The van der Waals surface area contributed by atoms with E-state index in [9.17, 15) is 0 Å². The molecule has 0 aromatic carbocycles. The molecule has 0 saturated heterocycles.